The van der Waals surface area contributed by atoms with Gasteiger partial charge in [-0.05, 0) is 19.3 Å². The van der Waals surface area contributed by atoms with Crippen molar-refractivity contribution in [1.82, 2.24) is 4.90 Å². The van der Waals surface area contributed by atoms with E-state index < -0.39 is 0 Å². The van der Waals surface area contributed by atoms with E-state index >= 15 is 0 Å². The normalized spacial score (nSPS) is 37.8. The van der Waals surface area contributed by atoms with Gasteiger partial charge in [0.2, 0.25) is 5.91 Å². The molecule has 0 spiro atoms. The minimum Gasteiger partial charge on any atom is -0.373 e. The number of nitrogens with zero attached hydrogens (tertiary/aromatic N) is 1. The van der Waals surface area contributed by atoms with E-state index in [0.717, 1.165) is 32.4 Å². The monoisotopic (exact) mass is 221 g/mol. The molecule has 2 bridgehead atoms. The van der Waals surface area contributed by atoms with E-state index in [0.29, 0.717) is 12.5 Å². The number of carbonyl (C=O) groups is 1. The quantitative estimate of drug-likeness (QED) is 0.631. The van der Waals surface area contributed by atoms with Gasteiger partial charge >= 0.3 is 0 Å². The Morgan fingerprint density at radius 1 is 1.25 bits per heavy atom. The minimum atomic E-state index is -0.297. The molecule has 2 saturated heterocycles. The van der Waals surface area contributed by atoms with Crippen molar-refractivity contribution in [3.8, 4) is 0 Å². The van der Waals surface area contributed by atoms with E-state index in [1.54, 1.807) is 0 Å². The second-order valence-electron chi connectivity index (χ2n) is 5.28. The molecule has 3 nitrogen and oxygen atoms in total. The first-order chi connectivity index (χ1) is 7.80. The van der Waals surface area contributed by atoms with Gasteiger partial charge in [-0.2, -0.15) is 0 Å². The number of fused-ring (bicyclic) bond motifs is 2. The summed E-state index contributed by atoms with van der Waals surface area (Å²) in [5.41, 5.74) is -0.297. The van der Waals surface area contributed by atoms with Crippen molar-refractivity contribution in [3.05, 3.63) is 12.2 Å². The molecule has 3 heteroatoms. The maximum absolute atomic E-state index is 12.5. The summed E-state index contributed by atoms with van der Waals surface area (Å²) >= 11 is 0. The summed E-state index contributed by atoms with van der Waals surface area (Å²) in [6.07, 6.45) is 10.1. The SMILES string of the molecule is O=C(N1CCCCCC1)C12C=CC(C1)OC2. The van der Waals surface area contributed by atoms with Gasteiger partial charge in [-0.15, -0.1) is 0 Å². The highest BCUT2D eigenvalue weighted by Crippen LogP contribution is 2.42. The van der Waals surface area contributed by atoms with Crippen LogP contribution in [0.5, 0.6) is 0 Å². The highest BCUT2D eigenvalue weighted by Gasteiger charge is 2.49. The zero-order valence-corrected chi connectivity index (χ0v) is 9.65. The van der Waals surface area contributed by atoms with Crippen molar-refractivity contribution in [2.45, 2.75) is 38.2 Å². The van der Waals surface area contributed by atoms with Crippen molar-refractivity contribution in [1.29, 1.82) is 0 Å². The molecule has 0 aromatic rings. The lowest BCUT2D eigenvalue weighted by Gasteiger charge is -2.29. The molecule has 16 heavy (non-hydrogen) atoms. The van der Waals surface area contributed by atoms with E-state index in [1.165, 1.54) is 12.8 Å². The Bertz CT molecular complexity index is 318. The van der Waals surface area contributed by atoms with Crippen molar-refractivity contribution in [3.63, 3.8) is 0 Å². The van der Waals surface area contributed by atoms with Gasteiger partial charge in [-0.1, -0.05) is 25.0 Å². The fraction of sp³-hybridized carbons (Fsp3) is 0.769. The molecule has 88 valence electrons. The number of hydrogen-bond acceptors (Lipinski definition) is 2. The van der Waals surface area contributed by atoms with Gasteiger partial charge in [0.05, 0.1) is 18.1 Å². The summed E-state index contributed by atoms with van der Waals surface area (Å²) in [4.78, 5) is 14.6. The van der Waals surface area contributed by atoms with Crippen LogP contribution < -0.4 is 0 Å². The standard InChI is InChI=1S/C13H19NO2/c15-12(14-7-3-1-2-4-8-14)13-6-5-11(9-13)16-10-13/h5-6,11H,1-4,7-10H2. The van der Waals surface area contributed by atoms with E-state index in [-0.39, 0.29) is 11.5 Å². The molecule has 2 atom stereocenters. The molecular weight excluding hydrogens is 202 g/mol. The molecule has 0 radical (unpaired) electrons. The first-order valence-corrected chi connectivity index (χ1v) is 6.41. The maximum atomic E-state index is 12.5. The molecular formula is C13H19NO2. The fourth-order valence-corrected chi connectivity index (χ4v) is 3.07. The van der Waals surface area contributed by atoms with Crippen LogP contribution in [0.1, 0.15) is 32.1 Å². The second-order valence-corrected chi connectivity index (χ2v) is 5.28. The van der Waals surface area contributed by atoms with Gasteiger partial charge in [0, 0.05) is 13.1 Å². The zero-order valence-electron chi connectivity index (χ0n) is 9.65. The average molecular weight is 221 g/mol. The molecule has 3 aliphatic rings. The van der Waals surface area contributed by atoms with Gasteiger partial charge < -0.3 is 9.64 Å². The average Bonchev–Trinajstić information content (AvgIpc) is 2.81. The minimum absolute atomic E-state index is 0.205. The third kappa shape index (κ3) is 1.58. The molecule has 0 saturated carbocycles. The lowest BCUT2D eigenvalue weighted by Crippen LogP contribution is -2.43. The maximum Gasteiger partial charge on any atom is 0.235 e. The number of carbonyl (C=O) groups excluding carboxylic acids is 1. The summed E-state index contributed by atoms with van der Waals surface area (Å²) in [5, 5.41) is 0. The molecule has 1 aliphatic carbocycles. The Kier molecular flexibility index (Phi) is 2.51. The Hall–Kier alpha value is -0.830. The number of hydrogen-bond donors (Lipinski definition) is 0. The summed E-state index contributed by atoms with van der Waals surface area (Å²) in [7, 11) is 0. The number of amides is 1. The van der Waals surface area contributed by atoms with Crippen LogP contribution in [0.3, 0.4) is 0 Å². The predicted octanol–water partition coefficient (Wildman–Crippen LogP) is 1.73. The van der Waals surface area contributed by atoms with Gasteiger partial charge in [0.25, 0.3) is 0 Å². The van der Waals surface area contributed by atoms with Gasteiger partial charge in [0.15, 0.2) is 0 Å². The van der Waals surface area contributed by atoms with Crippen molar-refractivity contribution in [2.24, 2.45) is 5.41 Å². The third-order valence-corrected chi connectivity index (χ3v) is 4.07. The summed E-state index contributed by atoms with van der Waals surface area (Å²) in [5.74, 6) is 0.311. The first kappa shape index (κ1) is 10.3. The Balaban J connectivity index is 1.74. The smallest absolute Gasteiger partial charge is 0.235 e. The van der Waals surface area contributed by atoms with E-state index in [1.807, 2.05) is 0 Å². The fourth-order valence-electron chi connectivity index (χ4n) is 3.07. The second kappa shape index (κ2) is 3.88. The number of likely N-dealkylation sites (tertiary alicyclic amines) is 1. The van der Waals surface area contributed by atoms with Gasteiger partial charge in [-0.3, -0.25) is 4.79 Å². The van der Waals surface area contributed by atoms with Crippen LogP contribution >= 0.6 is 0 Å². The van der Waals surface area contributed by atoms with Crippen LogP contribution in [-0.2, 0) is 9.53 Å². The number of ether oxygens (including phenoxy) is 1. The Labute approximate surface area is 96.4 Å². The van der Waals surface area contributed by atoms with Crippen LogP contribution in [0.15, 0.2) is 12.2 Å². The van der Waals surface area contributed by atoms with Crippen LogP contribution in [0.25, 0.3) is 0 Å². The molecule has 1 amide bonds. The predicted molar refractivity (Wildman–Crippen MR) is 61.0 cm³/mol. The number of rotatable bonds is 1. The molecule has 2 aliphatic heterocycles. The molecule has 2 unspecified atom stereocenters. The lowest BCUT2D eigenvalue weighted by atomic mass is 9.88. The topological polar surface area (TPSA) is 29.5 Å². The van der Waals surface area contributed by atoms with E-state index in [2.05, 4.69) is 17.1 Å². The molecule has 0 aromatic carbocycles. The van der Waals surface area contributed by atoms with Gasteiger partial charge in [-0.25, -0.2) is 0 Å². The summed E-state index contributed by atoms with van der Waals surface area (Å²) in [6.45, 7) is 2.49. The lowest BCUT2D eigenvalue weighted by molar-refractivity contribution is -0.139. The van der Waals surface area contributed by atoms with Crippen molar-refractivity contribution >= 4 is 5.91 Å². The third-order valence-electron chi connectivity index (χ3n) is 4.07. The molecule has 0 N–H and O–H groups in total. The zero-order chi connectivity index (χ0) is 11.0. The van der Waals surface area contributed by atoms with Crippen LogP contribution in [0, 0.1) is 5.41 Å². The molecule has 3 rings (SSSR count). The van der Waals surface area contributed by atoms with Crippen LogP contribution in [0.2, 0.25) is 0 Å². The summed E-state index contributed by atoms with van der Waals surface area (Å²) < 4.78 is 5.56. The Morgan fingerprint density at radius 2 is 2.00 bits per heavy atom. The highest BCUT2D eigenvalue weighted by atomic mass is 16.5. The van der Waals surface area contributed by atoms with Crippen LogP contribution in [-0.4, -0.2) is 36.6 Å². The molecule has 2 fully saturated rings. The van der Waals surface area contributed by atoms with Crippen LogP contribution in [0.4, 0.5) is 0 Å². The van der Waals surface area contributed by atoms with Crippen molar-refractivity contribution < 1.29 is 9.53 Å². The first-order valence-electron chi connectivity index (χ1n) is 6.41. The van der Waals surface area contributed by atoms with E-state index in [9.17, 15) is 4.79 Å². The molecule has 0 aromatic heterocycles. The molecule has 2 heterocycles. The highest BCUT2D eigenvalue weighted by molar-refractivity contribution is 5.86. The van der Waals surface area contributed by atoms with Crippen molar-refractivity contribution in [2.75, 3.05) is 19.7 Å². The largest absolute Gasteiger partial charge is 0.373 e. The van der Waals surface area contributed by atoms with Gasteiger partial charge in [0.1, 0.15) is 0 Å². The van der Waals surface area contributed by atoms with E-state index in [4.69, 9.17) is 4.74 Å². The Morgan fingerprint density at radius 3 is 2.50 bits per heavy atom. The summed E-state index contributed by atoms with van der Waals surface area (Å²) in [6, 6.07) is 0.